The van der Waals surface area contributed by atoms with Crippen LogP contribution in [0.4, 0.5) is 11.4 Å². The number of nitrogens with zero attached hydrogens (tertiary/aromatic N) is 2. The van der Waals surface area contributed by atoms with Crippen LogP contribution in [0.3, 0.4) is 0 Å². The number of nitrogens with one attached hydrogen (secondary N) is 1. The summed E-state index contributed by atoms with van der Waals surface area (Å²) in [6.45, 7) is 0.371. The van der Waals surface area contributed by atoms with Crippen molar-refractivity contribution in [2.24, 2.45) is 0 Å². The van der Waals surface area contributed by atoms with E-state index in [1.54, 1.807) is 66.7 Å². The molecule has 4 rings (SSSR count). The lowest BCUT2D eigenvalue weighted by molar-refractivity contribution is -0.384. The number of amides is 1. The number of methoxy groups -OCH3 is 1. The van der Waals surface area contributed by atoms with Crippen molar-refractivity contribution >= 4 is 62.5 Å². The molecule has 9 nitrogen and oxygen atoms in total. The fraction of sp³-hybridized carbons (Fsp3) is 0.0968. The Morgan fingerprint density at radius 2 is 1.74 bits per heavy atom. The topological polar surface area (TPSA) is 124 Å². The van der Waals surface area contributed by atoms with Crippen LogP contribution in [0.5, 0.6) is 17.2 Å². The Morgan fingerprint density at radius 3 is 2.37 bits per heavy atom. The average molecular weight is 683 g/mol. The van der Waals surface area contributed by atoms with Crippen molar-refractivity contribution in [3.63, 3.8) is 0 Å². The van der Waals surface area contributed by atoms with E-state index in [-0.39, 0.29) is 24.5 Å². The van der Waals surface area contributed by atoms with Gasteiger partial charge in [-0.1, -0.05) is 29.3 Å². The predicted octanol–water partition coefficient (Wildman–Crippen LogP) is 8.38. The van der Waals surface area contributed by atoms with Gasteiger partial charge in [-0.05, 0) is 93.8 Å². The lowest BCUT2D eigenvalue weighted by atomic mass is 10.1. The summed E-state index contributed by atoms with van der Waals surface area (Å²) in [7, 11) is 1.46. The number of nitro benzene ring substituents is 1. The maximum atomic E-state index is 12.9. The van der Waals surface area contributed by atoms with Gasteiger partial charge in [-0.15, -0.1) is 0 Å². The van der Waals surface area contributed by atoms with Crippen LogP contribution >= 0.6 is 39.1 Å². The molecule has 0 fully saturated rings. The number of nitriles is 1. The van der Waals surface area contributed by atoms with E-state index >= 15 is 0 Å². The Balaban J connectivity index is 1.41. The van der Waals surface area contributed by atoms with E-state index in [0.717, 1.165) is 11.1 Å². The van der Waals surface area contributed by atoms with Gasteiger partial charge in [0.05, 0.1) is 16.5 Å². The molecule has 0 spiro atoms. The minimum absolute atomic E-state index is 0.0157. The van der Waals surface area contributed by atoms with Gasteiger partial charge >= 0.3 is 0 Å². The van der Waals surface area contributed by atoms with Crippen molar-refractivity contribution in [2.45, 2.75) is 13.2 Å². The van der Waals surface area contributed by atoms with Crippen molar-refractivity contribution in [1.29, 1.82) is 5.26 Å². The standard InChI is InChI=1S/C31H22BrCl2N3O6/c1-41-29-14-20(13-27(32)30(29)43-17-19-2-8-25(9-3-19)37(39)40)12-22(16-35)31(38)36-24-6-10-26(11-7-24)42-18-21-4-5-23(33)15-28(21)34/h2-15H,17-18H2,1H3,(H,36,38)/b22-12+. The Morgan fingerprint density at radius 1 is 1.02 bits per heavy atom. The van der Waals surface area contributed by atoms with E-state index in [0.29, 0.717) is 43.0 Å². The fourth-order valence-electron chi connectivity index (χ4n) is 3.78. The number of carbonyl (C=O) groups excluding carboxylic acids is 1. The summed E-state index contributed by atoms with van der Waals surface area (Å²) in [6, 6.07) is 23.1. The highest BCUT2D eigenvalue weighted by molar-refractivity contribution is 9.10. The second-order valence-electron chi connectivity index (χ2n) is 8.92. The zero-order valence-corrected chi connectivity index (χ0v) is 25.6. The minimum atomic E-state index is -0.599. The highest BCUT2D eigenvalue weighted by Gasteiger charge is 2.15. The molecule has 0 saturated heterocycles. The summed E-state index contributed by atoms with van der Waals surface area (Å²) in [4.78, 5) is 23.3. The smallest absolute Gasteiger partial charge is 0.269 e. The van der Waals surface area contributed by atoms with Gasteiger partial charge in [0, 0.05) is 33.4 Å². The van der Waals surface area contributed by atoms with Crippen LogP contribution in [0.15, 0.2) is 88.9 Å². The van der Waals surface area contributed by atoms with Crippen LogP contribution in [-0.4, -0.2) is 17.9 Å². The first-order chi connectivity index (χ1) is 20.7. The molecule has 0 aliphatic carbocycles. The zero-order valence-electron chi connectivity index (χ0n) is 22.5. The minimum Gasteiger partial charge on any atom is -0.493 e. The van der Waals surface area contributed by atoms with Gasteiger partial charge in [0.25, 0.3) is 11.6 Å². The number of benzene rings is 4. The third-order valence-corrected chi connectivity index (χ3v) is 7.16. The molecule has 218 valence electrons. The molecule has 0 radical (unpaired) electrons. The number of halogens is 3. The SMILES string of the molecule is COc1cc(/C=C(\C#N)C(=O)Nc2ccc(OCc3ccc(Cl)cc3Cl)cc2)cc(Br)c1OCc1ccc([N+](=O)[O-])cc1. The highest BCUT2D eigenvalue weighted by Crippen LogP contribution is 2.38. The molecule has 0 aromatic heterocycles. The maximum Gasteiger partial charge on any atom is 0.269 e. The van der Waals surface area contributed by atoms with Crippen LogP contribution in [0.1, 0.15) is 16.7 Å². The molecule has 0 bridgehead atoms. The van der Waals surface area contributed by atoms with Crippen molar-refractivity contribution in [3.05, 3.63) is 126 Å². The van der Waals surface area contributed by atoms with E-state index in [1.165, 1.54) is 25.3 Å². The van der Waals surface area contributed by atoms with E-state index in [1.807, 2.05) is 6.07 Å². The van der Waals surface area contributed by atoms with Crippen LogP contribution in [0.2, 0.25) is 10.0 Å². The molecule has 0 unspecified atom stereocenters. The lowest BCUT2D eigenvalue weighted by Gasteiger charge is -2.14. The van der Waals surface area contributed by atoms with Crippen LogP contribution in [0.25, 0.3) is 6.08 Å². The molecule has 4 aromatic carbocycles. The Hall–Kier alpha value is -4.56. The maximum absolute atomic E-state index is 12.9. The Kier molecular flexibility index (Phi) is 10.6. The van der Waals surface area contributed by atoms with Crippen molar-refractivity contribution in [2.75, 3.05) is 12.4 Å². The van der Waals surface area contributed by atoms with Gasteiger partial charge in [-0.3, -0.25) is 14.9 Å². The molecule has 0 aliphatic heterocycles. The monoisotopic (exact) mass is 681 g/mol. The number of carbonyl (C=O) groups is 1. The zero-order chi connectivity index (χ0) is 30.9. The fourth-order valence-corrected chi connectivity index (χ4v) is 4.82. The number of hydrogen-bond acceptors (Lipinski definition) is 7. The number of ether oxygens (including phenoxy) is 3. The van der Waals surface area contributed by atoms with Gasteiger partial charge in [0.2, 0.25) is 0 Å². The summed E-state index contributed by atoms with van der Waals surface area (Å²) in [6.07, 6.45) is 1.43. The first-order valence-corrected chi connectivity index (χ1v) is 14.1. The number of nitro groups is 1. The number of non-ortho nitro benzene ring substituents is 1. The first-order valence-electron chi connectivity index (χ1n) is 12.5. The van der Waals surface area contributed by atoms with E-state index in [2.05, 4.69) is 21.2 Å². The normalized spacial score (nSPS) is 10.9. The van der Waals surface area contributed by atoms with Gasteiger partial charge < -0.3 is 19.5 Å². The molecule has 1 amide bonds. The quantitative estimate of drug-likeness (QED) is 0.0729. The molecule has 12 heteroatoms. The molecular formula is C31H22BrCl2N3O6. The largest absolute Gasteiger partial charge is 0.493 e. The number of rotatable bonds is 11. The van der Waals surface area contributed by atoms with Crippen molar-refractivity contribution in [1.82, 2.24) is 0 Å². The van der Waals surface area contributed by atoms with Crippen LogP contribution in [0, 0.1) is 21.4 Å². The van der Waals surface area contributed by atoms with Crippen LogP contribution in [-0.2, 0) is 18.0 Å². The third-order valence-electron chi connectivity index (χ3n) is 5.98. The molecule has 0 aliphatic rings. The van der Waals surface area contributed by atoms with Gasteiger partial charge in [-0.2, -0.15) is 5.26 Å². The molecule has 1 N–H and O–H groups in total. The van der Waals surface area contributed by atoms with Crippen LogP contribution < -0.4 is 19.5 Å². The molecule has 4 aromatic rings. The van der Waals surface area contributed by atoms with Gasteiger partial charge in [-0.25, -0.2) is 0 Å². The number of anilines is 1. The molecule has 0 atom stereocenters. The van der Waals surface area contributed by atoms with E-state index in [9.17, 15) is 20.2 Å². The predicted molar refractivity (Wildman–Crippen MR) is 168 cm³/mol. The van der Waals surface area contributed by atoms with E-state index in [4.69, 9.17) is 37.4 Å². The second kappa shape index (κ2) is 14.6. The second-order valence-corrected chi connectivity index (χ2v) is 10.6. The average Bonchev–Trinajstić information content (AvgIpc) is 2.99. The summed E-state index contributed by atoms with van der Waals surface area (Å²) in [5, 5.41) is 24.3. The molecule has 43 heavy (non-hydrogen) atoms. The third kappa shape index (κ3) is 8.49. The summed E-state index contributed by atoms with van der Waals surface area (Å²) in [5.74, 6) is 0.711. The highest BCUT2D eigenvalue weighted by atomic mass is 79.9. The van der Waals surface area contributed by atoms with Gasteiger partial charge in [0.15, 0.2) is 11.5 Å². The van der Waals surface area contributed by atoms with Crippen molar-refractivity contribution < 1.29 is 23.9 Å². The lowest BCUT2D eigenvalue weighted by Crippen LogP contribution is -2.13. The molecule has 0 saturated carbocycles. The van der Waals surface area contributed by atoms with E-state index < -0.39 is 10.8 Å². The summed E-state index contributed by atoms with van der Waals surface area (Å²) in [5.41, 5.74) is 2.33. The summed E-state index contributed by atoms with van der Waals surface area (Å²) < 4.78 is 17.6. The van der Waals surface area contributed by atoms with Gasteiger partial charge in [0.1, 0.15) is 30.6 Å². The first kappa shape index (κ1) is 31.4. The Labute approximate surface area is 265 Å². The Bertz CT molecular complexity index is 1720. The number of hydrogen-bond donors (Lipinski definition) is 1. The van der Waals surface area contributed by atoms with Crippen molar-refractivity contribution in [3.8, 4) is 23.3 Å². The molecule has 0 heterocycles. The molecular weight excluding hydrogens is 661 g/mol. The summed E-state index contributed by atoms with van der Waals surface area (Å²) >= 11 is 15.6.